The number of aliphatic hydroxyl groups is 2. The third kappa shape index (κ3) is 4.84. The molecule has 2 aromatic carbocycles. The molecule has 0 spiro atoms. The molecule has 2 amide bonds. The van der Waals surface area contributed by atoms with Gasteiger partial charge in [0.15, 0.2) is 0 Å². The molecular weight excluding hydrogens is 400 g/mol. The van der Waals surface area contributed by atoms with Gasteiger partial charge in [0.25, 0.3) is 0 Å². The predicted molar refractivity (Wildman–Crippen MR) is 124 cm³/mol. The van der Waals surface area contributed by atoms with Gasteiger partial charge in [0, 0.05) is 13.1 Å². The van der Waals surface area contributed by atoms with Crippen LogP contribution in [0.2, 0.25) is 0 Å². The monoisotopic (exact) mass is 434 g/mol. The highest BCUT2D eigenvalue weighted by molar-refractivity contribution is 5.76. The van der Waals surface area contributed by atoms with Crippen molar-refractivity contribution in [2.24, 2.45) is 11.8 Å². The van der Waals surface area contributed by atoms with Crippen molar-refractivity contribution >= 4 is 6.03 Å². The van der Waals surface area contributed by atoms with Crippen LogP contribution in [0.5, 0.6) is 0 Å². The highest BCUT2D eigenvalue weighted by Gasteiger charge is 2.48. The first-order chi connectivity index (χ1) is 15.6. The lowest BCUT2D eigenvalue weighted by Gasteiger charge is -2.36. The fourth-order valence-electron chi connectivity index (χ4n) is 5.03. The van der Waals surface area contributed by atoms with Crippen LogP contribution in [0.25, 0.3) is 0 Å². The average Bonchev–Trinajstić information content (AvgIpc) is 3.74. The molecule has 0 radical (unpaired) electrons. The van der Waals surface area contributed by atoms with Crippen LogP contribution in [0, 0.1) is 11.8 Å². The molecule has 2 aromatic rings. The molecule has 4 unspecified atom stereocenters. The number of rotatable bonds is 8. The van der Waals surface area contributed by atoms with Crippen molar-refractivity contribution in [2.75, 3.05) is 13.1 Å². The summed E-state index contributed by atoms with van der Waals surface area (Å²) in [5.74, 6) is 1.02. The van der Waals surface area contributed by atoms with Gasteiger partial charge in [-0.15, -0.1) is 0 Å². The van der Waals surface area contributed by atoms with E-state index in [9.17, 15) is 15.0 Å². The van der Waals surface area contributed by atoms with Crippen LogP contribution in [-0.2, 0) is 12.8 Å². The van der Waals surface area contributed by atoms with Crippen LogP contribution < -0.4 is 0 Å². The molecule has 2 N–H and O–H groups in total. The summed E-state index contributed by atoms with van der Waals surface area (Å²) in [6.45, 7) is 1.33. The minimum atomic E-state index is -0.990. The lowest BCUT2D eigenvalue weighted by atomic mass is 9.91. The van der Waals surface area contributed by atoms with Crippen molar-refractivity contribution in [3.63, 3.8) is 0 Å². The van der Waals surface area contributed by atoms with Gasteiger partial charge >= 0.3 is 6.03 Å². The summed E-state index contributed by atoms with van der Waals surface area (Å²) in [6, 6.07) is 19.2. The van der Waals surface area contributed by atoms with E-state index in [1.807, 2.05) is 70.5 Å². The van der Waals surface area contributed by atoms with E-state index in [1.54, 1.807) is 0 Å². The van der Waals surface area contributed by atoms with E-state index in [-0.39, 0.29) is 6.03 Å². The number of carbonyl (C=O) groups excluding carboxylic acids is 1. The summed E-state index contributed by atoms with van der Waals surface area (Å²) in [5, 5.41) is 22.9. The van der Waals surface area contributed by atoms with Gasteiger partial charge in [0.1, 0.15) is 12.2 Å². The predicted octanol–water partition coefficient (Wildman–Crippen LogP) is 3.49. The van der Waals surface area contributed by atoms with E-state index in [1.165, 1.54) is 0 Å². The van der Waals surface area contributed by atoms with Crippen LogP contribution in [-0.4, -0.2) is 63.4 Å². The Kier molecular flexibility index (Phi) is 6.20. The molecule has 0 aromatic heterocycles. The zero-order chi connectivity index (χ0) is 22.1. The Hall–Kier alpha value is -2.37. The first kappa shape index (κ1) is 21.5. The molecule has 5 nitrogen and oxygen atoms in total. The van der Waals surface area contributed by atoms with Gasteiger partial charge in [-0.25, -0.2) is 4.79 Å². The van der Waals surface area contributed by atoms with Crippen molar-refractivity contribution in [2.45, 2.75) is 62.8 Å². The van der Waals surface area contributed by atoms with Gasteiger partial charge in [-0.1, -0.05) is 60.7 Å². The number of carbonyl (C=O) groups is 1. The van der Waals surface area contributed by atoms with Gasteiger partial charge in [-0.2, -0.15) is 0 Å². The smallest absolute Gasteiger partial charge is 0.320 e. The summed E-state index contributed by atoms with van der Waals surface area (Å²) in [4.78, 5) is 17.8. The van der Waals surface area contributed by atoms with E-state index in [4.69, 9.17) is 0 Å². The average molecular weight is 435 g/mol. The maximum atomic E-state index is 14.0. The third-order valence-corrected chi connectivity index (χ3v) is 7.31. The Morgan fingerprint density at radius 2 is 1.03 bits per heavy atom. The molecule has 2 saturated carbocycles. The number of nitrogens with zero attached hydrogens (tertiary/aromatic N) is 2. The molecule has 4 atom stereocenters. The van der Waals surface area contributed by atoms with Crippen molar-refractivity contribution < 1.29 is 15.0 Å². The van der Waals surface area contributed by atoms with E-state index >= 15 is 0 Å². The summed E-state index contributed by atoms with van der Waals surface area (Å²) < 4.78 is 0. The van der Waals surface area contributed by atoms with Gasteiger partial charge in [0.05, 0.1) is 12.1 Å². The number of benzene rings is 2. The highest BCUT2D eigenvalue weighted by atomic mass is 16.3. The van der Waals surface area contributed by atoms with Crippen LogP contribution in [0.3, 0.4) is 0 Å². The Morgan fingerprint density at radius 3 is 1.38 bits per heavy atom. The Balaban J connectivity index is 1.49. The third-order valence-electron chi connectivity index (χ3n) is 7.31. The molecule has 170 valence electrons. The molecule has 5 rings (SSSR count). The zero-order valence-corrected chi connectivity index (χ0v) is 18.6. The fourth-order valence-corrected chi connectivity index (χ4v) is 5.03. The molecule has 32 heavy (non-hydrogen) atoms. The molecule has 5 heteroatoms. The van der Waals surface area contributed by atoms with E-state index < -0.39 is 24.3 Å². The van der Waals surface area contributed by atoms with Crippen molar-refractivity contribution in [3.05, 3.63) is 71.8 Å². The maximum absolute atomic E-state index is 14.0. The molecule has 3 aliphatic rings. The number of hydrogen-bond acceptors (Lipinski definition) is 3. The first-order valence-electron chi connectivity index (χ1n) is 12.1. The van der Waals surface area contributed by atoms with Crippen molar-refractivity contribution in [1.82, 2.24) is 9.80 Å². The molecular formula is C27H34N2O3. The normalized spacial score (nSPS) is 28.6. The zero-order valence-electron chi connectivity index (χ0n) is 18.6. The number of aliphatic hydroxyl groups excluding tert-OH is 2. The van der Waals surface area contributed by atoms with Gasteiger partial charge in [-0.3, -0.25) is 0 Å². The van der Waals surface area contributed by atoms with Crippen molar-refractivity contribution in [3.8, 4) is 0 Å². The second kappa shape index (κ2) is 9.24. The summed E-state index contributed by atoms with van der Waals surface area (Å²) in [6.07, 6.45) is 3.66. The minimum Gasteiger partial charge on any atom is -0.388 e. The molecule has 3 fully saturated rings. The second-order valence-corrected chi connectivity index (χ2v) is 9.97. The van der Waals surface area contributed by atoms with Gasteiger partial charge < -0.3 is 20.0 Å². The standard InChI is InChI=1S/C27H34N2O3/c30-25-23(15-19-7-3-1-4-8-19)28(17-21-11-12-21)27(32)29(18-22-13-14-22)24(26(25)31)16-20-9-5-2-6-10-20/h1-10,21-26,30-31H,11-18H2. The van der Waals surface area contributed by atoms with Crippen LogP contribution in [0.15, 0.2) is 60.7 Å². The lowest BCUT2D eigenvalue weighted by molar-refractivity contribution is -0.0401. The maximum Gasteiger partial charge on any atom is 0.320 e. The Morgan fingerprint density at radius 1 is 0.656 bits per heavy atom. The molecule has 2 aliphatic carbocycles. The number of hydrogen-bond donors (Lipinski definition) is 2. The second-order valence-electron chi connectivity index (χ2n) is 9.97. The molecule has 1 heterocycles. The van der Waals surface area contributed by atoms with E-state index in [0.29, 0.717) is 37.8 Å². The Bertz CT molecular complexity index is 824. The van der Waals surface area contributed by atoms with E-state index in [0.717, 1.165) is 36.8 Å². The first-order valence-corrected chi connectivity index (χ1v) is 12.1. The molecule has 0 bridgehead atoms. The van der Waals surface area contributed by atoms with Crippen LogP contribution in [0.4, 0.5) is 4.79 Å². The van der Waals surface area contributed by atoms with Crippen LogP contribution in [0.1, 0.15) is 36.8 Å². The largest absolute Gasteiger partial charge is 0.388 e. The quantitative estimate of drug-likeness (QED) is 0.669. The SMILES string of the molecule is O=C1N(CC2CC2)C(Cc2ccccc2)C(O)C(O)C(Cc2ccccc2)N1CC1CC1. The summed E-state index contributed by atoms with van der Waals surface area (Å²) in [5.41, 5.74) is 2.15. The lowest BCUT2D eigenvalue weighted by Crippen LogP contribution is -2.52. The molecule has 1 aliphatic heterocycles. The number of urea groups is 1. The summed E-state index contributed by atoms with van der Waals surface area (Å²) >= 11 is 0. The highest BCUT2D eigenvalue weighted by Crippen LogP contribution is 2.37. The van der Waals surface area contributed by atoms with Crippen molar-refractivity contribution in [1.29, 1.82) is 0 Å². The van der Waals surface area contributed by atoms with Gasteiger partial charge in [0.2, 0.25) is 0 Å². The van der Waals surface area contributed by atoms with Gasteiger partial charge in [-0.05, 0) is 61.5 Å². The molecule has 1 saturated heterocycles. The van der Waals surface area contributed by atoms with E-state index in [2.05, 4.69) is 0 Å². The fraction of sp³-hybridized carbons (Fsp3) is 0.519. The summed E-state index contributed by atoms with van der Waals surface area (Å²) in [7, 11) is 0. The van der Waals surface area contributed by atoms with Crippen LogP contribution >= 0.6 is 0 Å². The topological polar surface area (TPSA) is 64.0 Å². The Labute approximate surface area is 190 Å². The number of amides is 2. The minimum absolute atomic E-state index is 0.0127.